The number of rotatable bonds is 3. The summed E-state index contributed by atoms with van der Waals surface area (Å²) in [6, 6.07) is 0. The van der Waals surface area contributed by atoms with Crippen molar-refractivity contribution in [2.45, 2.75) is 39.4 Å². The zero-order valence-electron chi connectivity index (χ0n) is 9.56. The summed E-state index contributed by atoms with van der Waals surface area (Å²) in [5, 5.41) is 0. The predicted octanol–water partition coefficient (Wildman–Crippen LogP) is 3.12. The van der Waals surface area contributed by atoms with Crippen LogP contribution >= 0.6 is 15.9 Å². The Labute approximate surface area is 94.8 Å². The quantitative estimate of drug-likeness (QED) is 0.731. The minimum absolute atomic E-state index is 0.0131. The third-order valence-electron chi connectivity index (χ3n) is 2.98. The van der Waals surface area contributed by atoms with E-state index in [2.05, 4.69) is 42.8 Å². The molecule has 0 saturated carbocycles. The van der Waals surface area contributed by atoms with Crippen LogP contribution in [0.25, 0.3) is 0 Å². The molecule has 3 heteroatoms. The molecule has 3 atom stereocenters. The lowest BCUT2D eigenvalue weighted by atomic mass is 9.93. The van der Waals surface area contributed by atoms with E-state index in [9.17, 15) is 0 Å². The first-order chi connectivity index (χ1) is 6.38. The molecule has 1 rings (SSSR count). The molecule has 0 heterocycles. The van der Waals surface area contributed by atoms with Gasteiger partial charge in [0, 0.05) is 23.6 Å². The zero-order valence-corrected chi connectivity index (χ0v) is 11.1. The molecule has 0 N–H and O–H groups in total. The van der Waals surface area contributed by atoms with Crippen LogP contribution in [-0.4, -0.2) is 25.4 Å². The van der Waals surface area contributed by atoms with Gasteiger partial charge in [-0.3, -0.25) is 0 Å². The van der Waals surface area contributed by atoms with E-state index >= 15 is 0 Å². The second-order valence-electron chi connectivity index (χ2n) is 4.44. The lowest BCUT2D eigenvalue weighted by Gasteiger charge is -2.36. The third kappa shape index (κ3) is 1.77. The Morgan fingerprint density at radius 3 is 2.43 bits per heavy atom. The van der Waals surface area contributed by atoms with Gasteiger partial charge in [0.05, 0.1) is 6.10 Å². The maximum absolute atomic E-state index is 5.79. The van der Waals surface area contributed by atoms with Gasteiger partial charge in [0.2, 0.25) is 0 Å². The monoisotopic (exact) mass is 265 g/mol. The predicted molar refractivity (Wildman–Crippen MR) is 61.6 cm³/mol. The van der Waals surface area contributed by atoms with Crippen LogP contribution in [0.3, 0.4) is 0 Å². The summed E-state index contributed by atoms with van der Waals surface area (Å²) in [4.78, 5) is 0. The second kappa shape index (κ2) is 3.95. The lowest BCUT2D eigenvalue weighted by Crippen LogP contribution is -2.45. The molecule has 0 aromatic rings. The van der Waals surface area contributed by atoms with Crippen LogP contribution < -0.4 is 0 Å². The second-order valence-corrected chi connectivity index (χ2v) is 5.29. The molecule has 2 nitrogen and oxygen atoms in total. The minimum atomic E-state index is -0.321. The molecule has 1 aliphatic rings. The van der Waals surface area contributed by atoms with Gasteiger partial charge in [0.25, 0.3) is 0 Å². The molecule has 1 unspecified atom stereocenters. The van der Waals surface area contributed by atoms with Gasteiger partial charge in [-0.05, 0) is 19.9 Å². The SMILES string of the molecule is CCO[C@H]1C(C)([13CH3])C(Br)=[13CH][C@]1([13CH3])OC. The van der Waals surface area contributed by atoms with Crippen LogP contribution in [0.4, 0.5) is 0 Å². The van der Waals surface area contributed by atoms with Crippen LogP contribution in [0.1, 0.15) is 27.7 Å². The average molecular weight is 266 g/mol. The highest BCUT2D eigenvalue weighted by Crippen LogP contribution is 2.49. The summed E-state index contributed by atoms with van der Waals surface area (Å²) in [5.41, 5.74) is -0.334. The Bertz CT molecular complexity index is 248. The molecule has 0 saturated heterocycles. The molecular weight excluding hydrogens is 247 g/mol. The highest BCUT2D eigenvalue weighted by atomic mass is 79.9. The smallest absolute Gasteiger partial charge is 0.111 e. The van der Waals surface area contributed by atoms with Crippen molar-refractivity contribution in [3.63, 3.8) is 0 Å². The molecule has 0 aliphatic heterocycles. The van der Waals surface area contributed by atoms with Gasteiger partial charge < -0.3 is 9.47 Å². The van der Waals surface area contributed by atoms with Crippen molar-refractivity contribution in [3.05, 3.63) is 10.6 Å². The van der Waals surface area contributed by atoms with Crippen molar-refractivity contribution in [1.82, 2.24) is 0 Å². The molecule has 14 heavy (non-hydrogen) atoms. The number of ether oxygens (including phenoxy) is 2. The Morgan fingerprint density at radius 1 is 1.43 bits per heavy atom. The first-order valence-corrected chi connectivity index (χ1v) is 5.73. The van der Waals surface area contributed by atoms with Gasteiger partial charge in [0.15, 0.2) is 0 Å². The van der Waals surface area contributed by atoms with E-state index in [1.165, 1.54) is 0 Å². The van der Waals surface area contributed by atoms with E-state index in [0.717, 1.165) is 4.48 Å². The van der Waals surface area contributed by atoms with E-state index < -0.39 is 0 Å². The first-order valence-electron chi connectivity index (χ1n) is 4.94. The molecule has 0 aromatic carbocycles. The molecule has 0 bridgehead atoms. The van der Waals surface area contributed by atoms with E-state index in [1.807, 2.05) is 6.92 Å². The Balaban J connectivity index is 3.00. The number of hydrogen-bond donors (Lipinski definition) is 0. The van der Waals surface area contributed by atoms with Crippen LogP contribution in [0.5, 0.6) is 0 Å². The van der Waals surface area contributed by atoms with Crippen LogP contribution in [0.2, 0.25) is 0 Å². The fraction of sp³-hybridized carbons (Fsp3) is 0.818. The summed E-state index contributed by atoms with van der Waals surface area (Å²) in [6.07, 6.45) is 2.17. The Morgan fingerprint density at radius 2 is 2.00 bits per heavy atom. The number of methoxy groups -OCH3 is 1. The molecular formula is C11H19BrO2. The Kier molecular flexibility index (Phi) is 3.45. The third-order valence-corrected chi connectivity index (χ3v) is 4.23. The summed E-state index contributed by atoms with van der Waals surface area (Å²) in [5.74, 6) is 0. The van der Waals surface area contributed by atoms with Crippen molar-refractivity contribution < 1.29 is 9.47 Å². The largest absolute Gasteiger partial charge is 0.374 e. The van der Waals surface area contributed by atoms with Crippen molar-refractivity contribution in [2.24, 2.45) is 5.41 Å². The number of halogens is 1. The van der Waals surface area contributed by atoms with Crippen LogP contribution in [0.15, 0.2) is 10.6 Å². The van der Waals surface area contributed by atoms with Gasteiger partial charge in [-0.15, -0.1) is 0 Å². The highest BCUT2D eigenvalue weighted by Gasteiger charge is 2.50. The molecule has 0 spiro atoms. The molecule has 0 radical (unpaired) electrons. The normalized spacial score (nSPS) is 42.7. The topological polar surface area (TPSA) is 18.5 Å². The van der Waals surface area contributed by atoms with Crippen molar-refractivity contribution in [3.8, 4) is 0 Å². The molecule has 82 valence electrons. The summed E-state index contributed by atoms with van der Waals surface area (Å²) >= 11 is 3.59. The summed E-state index contributed by atoms with van der Waals surface area (Å²) in [7, 11) is 1.73. The first kappa shape index (κ1) is 12.2. The standard InChI is InChI=1S/C11H19BrO2/c1-6-14-9-10(2,3)8(12)7-11(9,4)13-5/h7,9H,6H2,1-5H3/t9-,11-/m0/s1/i2+1,4+1,7+1/t9-,10?,11-. The fourth-order valence-electron chi connectivity index (χ4n) is 2.06. The van der Waals surface area contributed by atoms with Gasteiger partial charge in [0.1, 0.15) is 5.60 Å². The van der Waals surface area contributed by atoms with E-state index in [4.69, 9.17) is 9.47 Å². The van der Waals surface area contributed by atoms with Gasteiger partial charge in [-0.2, -0.15) is 0 Å². The van der Waals surface area contributed by atoms with Crippen molar-refractivity contribution in [1.29, 1.82) is 0 Å². The maximum Gasteiger partial charge on any atom is 0.111 e. The van der Waals surface area contributed by atoms with E-state index in [0.29, 0.717) is 6.61 Å². The van der Waals surface area contributed by atoms with Gasteiger partial charge in [-0.25, -0.2) is 0 Å². The average Bonchev–Trinajstić information content (AvgIpc) is 2.28. The zero-order chi connectivity index (χ0) is 11.0. The molecule has 0 amide bonds. The fourth-order valence-corrected chi connectivity index (χ4v) is 2.72. The molecule has 0 aromatic heterocycles. The number of hydrogen-bond acceptors (Lipinski definition) is 2. The Hall–Kier alpha value is 0.140. The van der Waals surface area contributed by atoms with Crippen LogP contribution in [0, 0.1) is 5.41 Å². The lowest BCUT2D eigenvalue weighted by molar-refractivity contribution is -0.114. The van der Waals surface area contributed by atoms with Gasteiger partial charge >= 0.3 is 0 Å². The summed E-state index contributed by atoms with van der Waals surface area (Å²) < 4.78 is 12.5. The maximum atomic E-state index is 5.79. The highest BCUT2D eigenvalue weighted by molar-refractivity contribution is 9.11. The van der Waals surface area contributed by atoms with E-state index in [-0.39, 0.29) is 17.1 Å². The van der Waals surface area contributed by atoms with E-state index in [1.54, 1.807) is 7.11 Å². The van der Waals surface area contributed by atoms with Crippen molar-refractivity contribution in [2.75, 3.05) is 13.7 Å². The molecule has 0 fully saturated rings. The summed E-state index contributed by atoms with van der Waals surface area (Å²) in [6.45, 7) is 9.11. The van der Waals surface area contributed by atoms with Crippen LogP contribution in [-0.2, 0) is 9.47 Å². The minimum Gasteiger partial charge on any atom is -0.374 e. The van der Waals surface area contributed by atoms with Crippen molar-refractivity contribution >= 4 is 15.9 Å². The van der Waals surface area contributed by atoms with Gasteiger partial charge in [-0.1, -0.05) is 29.8 Å². The molecule has 1 aliphatic carbocycles.